The molecule has 0 aromatic heterocycles. The molecule has 0 aliphatic carbocycles. The lowest BCUT2D eigenvalue weighted by Gasteiger charge is -2.22. The molecule has 0 radical (unpaired) electrons. The predicted octanol–water partition coefficient (Wildman–Crippen LogP) is 1.73. The smallest absolute Gasteiger partial charge is 0.328 e. The van der Waals surface area contributed by atoms with E-state index in [9.17, 15) is 23.0 Å². The monoisotopic (exact) mass is 448 g/mol. The molecule has 3 atom stereocenters. The Morgan fingerprint density at radius 3 is 2.23 bits per heavy atom. The molecule has 9 heteroatoms. The number of esters is 1. The van der Waals surface area contributed by atoms with Crippen LogP contribution in [0.15, 0.2) is 59.5 Å². The zero-order chi connectivity index (χ0) is 22.8. The van der Waals surface area contributed by atoms with Gasteiger partial charge in [-0.1, -0.05) is 30.3 Å². The maximum atomic E-state index is 13.1. The van der Waals surface area contributed by atoms with E-state index in [1.165, 1.54) is 38.3 Å². The molecule has 0 heterocycles. The lowest BCUT2D eigenvalue weighted by Crippen LogP contribution is -2.52. The van der Waals surface area contributed by atoms with Crippen LogP contribution in [0.5, 0.6) is 0 Å². The van der Waals surface area contributed by atoms with Gasteiger partial charge in [0.15, 0.2) is 0 Å². The molecule has 2 rings (SSSR count). The molecule has 0 saturated carbocycles. The number of methoxy groups -OCH3 is 1. The average molecular weight is 449 g/mol. The molecule has 0 bridgehead atoms. The van der Waals surface area contributed by atoms with Crippen molar-refractivity contribution in [1.82, 2.24) is 10.6 Å². The van der Waals surface area contributed by atoms with Gasteiger partial charge in [-0.15, -0.1) is 0 Å². The lowest BCUT2D eigenvalue weighted by molar-refractivity contribution is -0.145. The van der Waals surface area contributed by atoms with E-state index in [4.69, 9.17) is 4.74 Å². The number of halogens is 1. The molecule has 0 aliphatic heterocycles. The molecule has 0 aliphatic rings. The second kappa shape index (κ2) is 11.9. The third-order valence-electron chi connectivity index (χ3n) is 4.45. The van der Waals surface area contributed by atoms with Gasteiger partial charge >= 0.3 is 5.97 Å². The van der Waals surface area contributed by atoms with E-state index in [0.717, 1.165) is 0 Å². The Balaban J connectivity index is 2.07. The Morgan fingerprint density at radius 2 is 1.65 bits per heavy atom. The highest BCUT2D eigenvalue weighted by molar-refractivity contribution is 7.85. The van der Waals surface area contributed by atoms with E-state index >= 15 is 0 Å². The Labute approximate surface area is 182 Å². The molecular formula is C22H25FN2O5S. The van der Waals surface area contributed by atoms with Crippen molar-refractivity contribution in [1.29, 1.82) is 0 Å². The fourth-order valence-electron chi connectivity index (χ4n) is 2.89. The maximum Gasteiger partial charge on any atom is 0.328 e. The number of ether oxygens (including phenoxy) is 1. The van der Waals surface area contributed by atoms with E-state index in [1.807, 2.05) is 6.07 Å². The average Bonchev–Trinajstić information content (AvgIpc) is 2.77. The summed E-state index contributed by atoms with van der Waals surface area (Å²) in [5, 5.41) is 5.11. The Kier molecular flexibility index (Phi) is 9.33. The van der Waals surface area contributed by atoms with Crippen LogP contribution < -0.4 is 10.6 Å². The van der Waals surface area contributed by atoms with Gasteiger partial charge in [-0.25, -0.2) is 9.18 Å². The van der Waals surface area contributed by atoms with Gasteiger partial charge in [0.2, 0.25) is 11.8 Å². The highest BCUT2D eigenvalue weighted by Crippen LogP contribution is 2.10. The van der Waals surface area contributed by atoms with E-state index in [2.05, 4.69) is 10.6 Å². The number of carbonyl (C=O) groups is 3. The standard InChI is InChI=1S/C22H25FN2O5S/c1-15(26)24-20(14-16-8-10-17(23)11-9-16)21(27)25-19(22(28)30-2)12-13-31(29)18-6-4-3-5-7-18/h3-11,19-20H,12-14H2,1-2H3,(H,24,26)(H,25,27)/t19-,20+,31+/m0/s1. The summed E-state index contributed by atoms with van der Waals surface area (Å²) < 4.78 is 30.4. The number of carbonyl (C=O) groups excluding carboxylic acids is 3. The largest absolute Gasteiger partial charge is 0.467 e. The predicted molar refractivity (Wildman–Crippen MR) is 114 cm³/mol. The van der Waals surface area contributed by atoms with Crippen molar-refractivity contribution >= 4 is 28.6 Å². The molecule has 166 valence electrons. The third-order valence-corrected chi connectivity index (χ3v) is 5.85. The van der Waals surface area contributed by atoms with Gasteiger partial charge in [-0.2, -0.15) is 0 Å². The molecule has 7 nitrogen and oxygen atoms in total. The fourth-order valence-corrected chi connectivity index (χ4v) is 4.04. The van der Waals surface area contributed by atoms with Crippen LogP contribution in [0.4, 0.5) is 4.39 Å². The first-order chi connectivity index (χ1) is 14.8. The molecule has 31 heavy (non-hydrogen) atoms. The third kappa shape index (κ3) is 7.93. The maximum absolute atomic E-state index is 13.1. The SMILES string of the molecule is COC(=O)[C@H](CC[S@@](=O)c1ccccc1)NC(=O)[C@@H](Cc1ccc(F)cc1)NC(C)=O. The Bertz CT molecular complexity index is 921. The Morgan fingerprint density at radius 1 is 1.00 bits per heavy atom. The van der Waals surface area contributed by atoms with Crippen molar-refractivity contribution < 1.29 is 27.7 Å². The summed E-state index contributed by atoms with van der Waals surface area (Å²) in [6, 6.07) is 12.3. The second-order valence-electron chi connectivity index (χ2n) is 6.82. The van der Waals surface area contributed by atoms with Gasteiger partial charge in [0.25, 0.3) is 0 Å². The molecular weight excluding hydrogens is 423 g/mol. The first-order valence-electron chi connectivity index (χ1n) is 9.63. The zero-order valence-corrected chi connectivity index (χ0v) is 18.1. The first kappa shape index (κ1) is 24.2. The first-order valence-corrected chi connectivity index (χ1v) is 10.9. The molecule has 2 amide bonds. The number of benzene rings is 2. The van der Waals surface area contributed by atoms with Crippen LogP contribution in [0.2, 0.25) is 0 Å². The van der Waals surface area contributed by atoms with Crippen LogP contribution in [-0.2, 0) is 36.3 Å². The highest BCUT2D eigenvalue weighted by atomic mass is 32.2. The van der Waals surface area contributed by atoms with Crippen LogP contribution in [0.25, 0.3) is 0 Å². The number of hydrogen-bond donors (Lipinski definition) is 2. The molecule has 0 spiro atoms. The van der Waals surface area contributed by atoms with Crippen LogP contribution in [-0.4, -0.2) is 46.9 Å². The van der Waals surface area contributed by atoms with Gasteiger partial charge in [0.1, 0.15) is 17.9 Å². The quantitative estimate of drug-likeness (QED) is 0.539. The van der Waals surface area contributed by atoms with Gasteiger partial charge < -0.3 is 15.4 Å². The molecule has 2 aromatic rings. The second-order valence-corrected chi connectivity index (χ2v) is 8.39. The van der Waals surface area contributed by atoms with Crippen LogP contribution in [0.3, 0.4) is 0 Å². The topological polar surface area (TPSA) is 102 Å². The van der Waals surface area contributed by atoms with Crippen molar-refractivity contribution in [3.8, 4) is 0 Å². The van der Waals surface area contributed by atoms with Crippen molar-refractivity contribution in [3.63, 3.8) is 0 Å². The minimum Gasteiger partial charge on any atom is -0.467 e. The summed E-state index contributed by atoms with van der Waals surface area (Å²) in [5.74, 6) is -1.99. The molecule has 2 aromatic carbocycles. The van der Waals surface area contributed by atoms with Gasteiger partial charge in [-0.05, 0) is 36.2 Å². The minimum absolute atomic E-state index is 0.0866. The van der Waals surface area contributed by atoms with Crippen LogP contribution in [0, 0.1) is 5.82 Å². The van der Waals surface area contributed by atoms with E-state index in [1.54, 1.807) is 24.3 Å². The number of rotatable bonds is 10. The summed E-state index contributed by atoms with van der Waals surface area (Å²) in [6.07, 6.45) is 0.193. The lowest BCUT2D eigenvalue weighted by atomic mass is 10.0. The molecule has 0 saturated heterocycles. The van der Waals surface area contributed by atoms with Crippen LogP contribution >= 0.6 is 0 Å². The molecule has 0 unspecified atom stereocenters. The van der Waals surface area contributed by atoms with Gasteiger partial charge in [0, 0.05) is 24.0 Å². The Hall–Kier alpha value is -3.07. The number of amides is 2. The summed E-state index contributed by atoms with van der Waals surface area (Å²) in [4.78, 5) is 37.2. The normalized spacial score (nSPS) is 13.5. The van der Waals surface area contributed by atoms with E-state index in [-0.39, 0.29) is 18.6 Å². The van der Waals surface area contributed by atoms with E-state index < -0.39 is 46.5 Å². The van der Waals surface area contributed by atoms with Gasteiger partial charge in [0.05, 0.1) is 17.9 Å². The summed E-state index contributed by atoms with van der Waals surface area (Å²) >= 11 is 0. The highest BCUT2D eigenvalue weighted by Gasteiger charge is 2.27. The zero-order valence-electron chi connectivity index (χ0n) is 17.3. The fraction of sp³-hybridized carbons (Fsp3) is 0.318. The molecule has 2 N–H and O–H groups in total. The summed E-state index contributed by atoms with van der Waals surface area (Å²) in [6.45, 7) is 1.27. The summed E-state index contributed by atoms with van der Waals surface area (Å²) in [7, 11) is -0.161. The van der Waals surface area contributed by atoms with E-state index in [0.29, 0.717) is 10.5 Å². The van der Waals surface area contributed by atoms with Crippen molar-refractivity contribution in [2.75, 3.05) is 12.9 Å². The summed E-state index contributed by atoms with van der Waals surface area (Å²) in [5.41, 5.74) is 0.634. The van der Waals surface area contributed by atoms with Gasteiger partial charge in [-0.3, -0.25) is 13.8 Å². The number of hydrogen-bond acceptors (Lipinski definition) is 5. The van der Waals surface area contributed by atoms with Crippen LogP contribution in [0.1, 0.15) is 18.9 Å². The number of nitrogens with one attached hydrogen (secondary N) is 2. The van der Waals surface area contributed by atoms with Crippen molar-refractivity contribution in [3.05, 3.63) is 66.0 Å². The molecule has 0 fully saturated rings. The van der Waals surface area contributed by atoms with Crippen molar-refractivity contribution in [2.45, 2.75) is 36.7 Å². The minimum atomic E-state index is -1.36. The van der Waals surface area contributed by atoms with Crippen molar-refractivity contribution in [2.24, 2.45) is 0 Å².